The van der Waals surface area contributed by atoms with E-state index in [1.807, 2.05) is 6.20 Å². The van der Waals surface area contributed by atoms with E-state index >= 15 is 0 Å². The number of rotatable bonds is 4. The Labute approximate surface area is 174 Å². The lowest BCUT2D eigenvalue weighted by Crippen LogP contribution is -2.51. The summed E-state index contributed by atoms with van der Waals surface area (Å²) >= 11 is 0. The van der Waals surface area contributed by atoms with Gasteiger partial charge in [-0.05, 0) is 74.1 Å². The van der Waals surface area contributed by atoms with Crippen molar-refractivity contribution in [1.82, 2.24) is 15.2 Å². The minimum atomic E-state index is 0.393. The van der Waals surface area contributed by atoms with Gasteiger partial charge in [-0.2, -0.15) is 0 Å². The van der Waals surface area contributed by atoms with Gasteiger partial charge in [-0.15, -0.1) is 0 Å². The van der Waals surface area contributed by atoms with Gasteiger partial charge in [-0.3, -0.25) is 9.88 Å². The molecule has 4 heteroatoms. The molecule has 0 saturated heterocycles. The summed E-state index contributed by atoms with van der Waals surface area (Å²) in [4.78, 5) is 7.70. The third-order valence-corrected chi connectivity index (χ3v) is 7.37. The Bertz CT molecular complexity index is 827. The van der Waals surface area contributed by atoms with Gasteiger partial charge in [-0.1, -0.05) is 30.3 Å². The second-order valence-electron chi connectivity index (χ2n) is 9.27. The number of fused-ring (bicyclic) bond motifs is 2. The third-order valence-electron chi connectivity index (χ3n) is 7.37. The van der Waals surface area contributed by atoms with E-state index in [0.717, 1.165) is 32.4 Å². The average molecular weight is 391 g/mol. The summed E-state index contributed by atoms with van der Waals surface area (Å²) in [6, 6.07) is 15.3. The van der Waals surface area contributed by atoms with Gasteiger partial charge < -0.3 is 11.1 Å². The standard InChI is InChI=1S/C25H34N4/c26-21-10-12-23(13-11-21)29(24-9-3-7-18-8-4-14-27-25(18)24)17-22-15-19-5-1-2-6-20(19)16-28-22/h1-2,4-6,8,14,21-24,28H,3,7,9-13,15-17,26H2/t21-,22-,23-,24+/m1/s1. The summed E-state index contributed by atoms with van der Waals surface area (Å²) < 4.78 is 0. The van der Waals surface area contributed by atoms with Gasteiger partial charge in [0.05, 0.1) is 11.7 Å². The fourth-order valence-electron chi connectivity index (χ4n) is 5.78. The molecule has 0 radical (unpaired) electrons. The molecule has 1 aliphatic heterocycles. The van der Waals surface area contributed by atoms with Crippen molar-refractivity contribution >= 4 is 0 Å². The molecule has 2 heterocycles. The second kappa shape index (κ2) is 8.55. The van der Waals surface area contributed by atoms with Gasteiger partial charge in [0.1, 0.15) is 0 Å². The number of nitrogens with two attached hydrogens (primary N) is 1. The minimum absolute atomic E-state index is 0.393. The van der Waals surface area contributed by atoms with Gasteiger partial charge in [0, 0.05) is 37.4 Å². The maximum atomic E-state index is 6.25. The summed E-state index contributed by atoms with van der Waals surface area (Å²) in [5.41, 5.74) is 12.0. The number of nitrogens with one attached hydrogen (secondary N) is 1. The van der Waals surface area contributed by atoms with Crippen LogP contribution in [0.25, 0.3) is 0 Å². The molecule has 1 aromatic carbocycles. The van der Waals surface area contributed by atoms with Gasteiger partial charge in [0.25, 0.3) is 0 Å². The van der Waals surface area contributed by atoms with Crippen LogP contribution in [-0.4, -0.2) is 34.6 Å². The second-order valence-corrected chi connectivity index (χ2v) is 9.27. The molecule has 4 nitrogen and oxygen atoms in total. The van der Waals surface area contributed by atoms with Crippen LogP contribution in [0.1, 0.15) is 67.0 Å². The summed E-state index contributed by atoms with van der Waals surface area (Å²) in [6.45, 7) is 2.10. The molecule has 1 saturated carbocycles. The molecular weight excluding hydrogens is 356 g/mol. The topological polar surface area (TPSA) is 54.2 Å². The minimum Gasteiger partial charge on any atom is -0.328 e. The van der Waals surface area contributed by atoms with Gasteiger partial charge in [0.2, 0.25) is 0 Å². The molecular formula is C25H34N4. The van der Waals surface area contributed by atoms with Crippen LogP contribution in [0.5, 0.6) is 0 Å². The van der Waals surface area contributed by atoms with Gasteiger partial charge >= 0.3 is 0 Å². The van der Waals surface area contributed by atoms with Crippen molar-refractivity contribution in [2.75, 3.05) is 6.54 Å². The maximum Gasteiger partial charge on any atom is 0.0607 e. The molecule has 154 valence electrons. The van der Waals surface area contributed by atoms with Crippen molar-refractivity contribution in [3.05, 3.63) is 65.0 Å². The van der Waals surface area contributed by atoms with E-state index in [4.69, 9.17) is 10.7 Å². The number of aryl methyl sites for hydroxylation is 1. The lowest BCUT2D eigenvalue weighted by molar-refractivity contribution is 0.0740. The molecule has 0 bridgehead atoms. The van der Waals surface area contributed by atoms with Crippen molar-refractivity contribution in [1.29, 1.82) is 0 Å². The number of nitrogens with zero attached hydrogens (tertiary/aromatic N) is 2. The molecule has 0 unspecified atom stereocenters. The van der Waals surface area contributed by atoms with Crippen LogP contribution in [-0.2, 0) is 19.4 Å². The van der Waals surface area contributed by atoms with Crippen LogP contribution >= 0.6 is 0 Å². The van der Waals surface area contributed by atoms with Crippen LogP contribution in [0, 0.1) is 0 Å². The third kappa shape index (κ3) is 4.11. The molecule has 3 aliphatic rings. The zero-order valence-corrected chi connectivity index (χ0v) is 17.4. The first kappa shape index (κ1) is 19.2. The number of hydrogen-bond donors (Lipinski definition) is 2. The Kier molecular flexibility index (Phi) is 5.67. The van der Waals surface area contributed by atoms with Crippen molar-refractivity contribution in [3.63, 3.8) is 0 Å². The zero-order chi connectivity index (χ0) is 19.6. The van der Waals surface area contributed by atoms with Crippen molar-refractivity contribution < 1.29 is 0 Å². The van der Waals surface area contributed by atoms with Crippen LogP contribution in [0.4, 0.5) is 0 Å². The highest BCUT2D eigenvalue weighted by Crippen LogP contribution is 2.37. The Balaban J connectivity index is 1.40. The van der Waals surface area contributed by atoms with E-state index in [0.29, 0.717) is 24.2 Å². The molecule has 3 N–H and O–H groups in total. The number of pyridine rings is 1. The Morgan fingerprint density at radius 3 is 2.62 bits per heavy atom. The lowest BCUT2D eigenvalue weighted by atomic mass is 9.85. The predicted molar refractivity (Wildman–Crippen MR) is 118 cm³/mol. The van der Waals surface area contributed by atoms with E-state index in [1.165, 1.54) is 54.5 Å². The van der Waals surface area contributed by atoms with E-state index < -0.39 is 0 Å². The average Bonchev–Trinajstić information content (AvgIpc) is 2.78. The molecule has 0 amide bonds. The zero-order valence-electron chi connectivity index (χ0n) is 17.4. The van der Waals surface area contributed by atoms with Crippen LogP contribution in [0.2, 0.25) is 0 Å². The number of hydrogen-bond acceptors (Lipinski definition) is 4. The van der Waals surface area contributed by atoms with E-state index in [-0.39, 0.29) is 0 Å². The van der Waals surface area contributed by atoms with Crippen LogP contribution in [0.15, 0.2) is 42.6 Å². The molecule has 2 aromatic rings. The molecule has 1 fully saturated rings. The van der Waals surface area contributed by atoms with E-state index in [1.54, 1.807) is 0 Å². The summed E-state index contributed by atoms with van der Waals surface area (Å²) in [5, 5.41) is 3.83. The van der Waals surface area contributed by atoms with Gasteiger partial charge in [-0.25, -0.2) is 0 Å². The Hall–Kier alpha value is -1.75. The molecule has 5 rings (SSSR count). The first-order chi connectivity index (χ1) is 14.3. The lowest BCUT2D eigenvalue weighted by Gasteiger charge is -2.44. The quantitative estimate of drug-likeness (QED) is 0.835. The largest absolute Gasteiger partial charge is 0.328 e. The fraction of sp³-hybridized carbons (Fsp3) is 0.560. The van der Waals surface area contributed by atoms with E-state index in [2.05, 4.69) is 46.6 Å². The van der Waals surface area contributed by atoms with Gasteiger partial charge in [0.15, 0.2) is 0 Å². The number of aromatic nitrogens is 1. The predicted octanol–water partition coefficient (Wildman–Crippen LogP) is 3.75. The monoisotopic (exact) mass is 390 g/mol. The molecule has 1 aromatic heterocycles. The van der Waals surface area contributed by atoms with Crippen molar-refractivity contribution in [3.8, 4) is 0 Å². The summed E-state index contributed by atoms with van der Waals surface area (Å²) in [7, 11) is 0. The van der Waals surface area contributed by atoms with Crippen LogP contribution < -0.4 is 11.1 Å². The molecule has 2 aliphatic carbocycles. The number of benzene rings is 1. The highest BCUT2D eigenvalue weighted by molar-refractivity contribution is 5.30. The van der Waals surface area contributed by atoms with Crippen molar-refractivity contribution in [2.24, 2.45) is 5.73 Å². The molecule has 0 spiro atoms. The fourth-order valence-corrected chi connectivity index (χ4v) is 5.78. The molecule has 29 heavy (non-hydrogen) atoms. The van der Waals surface area contributed by atoms with E-state index in [9.17, 15) is 0 Å². The highest BCUT2D eigenvalue weighted by atomic mass is 15.2. The van der Waals surface area contributed by atoms with Crippen molar-refractivity contribution in [2.45, 2.75) is 82.1 Å². The SMILES string of the molecule is N[C@H]1CC[C@H](N(C[C@H]2Cc3ccccc3CN2)[C@H]2CCCc3cccnc32)CC1. The Morgan fingerprint density at radius 1 is 0.966 bits per heavy atom. The summed E-state index contributed by atoms with van der Waals surface area (Å²) in [6.07, 6.45) is 11.6. The first-order valence-corrected chi connectivity index (χ1v) is 11.5. The highest BCUT2D eigenvalue weighted by Gasteiger charge is 2.35. The molecule has 2 atom stereocenters. The summed E-state index contributed by atoms with van der Waals surface area (Å²) in [5.74, 6) is 0. The maximum absolute atomic E-state index is 6.25. The first-order valence-electron chi connectivity index (χ1n) is 11.5. The Morgan fingerprint density at radius 2 is 1.76 bits per heavy atom. The normalized spacial score (nSPS) is 29.3. The smallest absolute Gasteiger partial charge is 0.0607 e. The van der Waals surface area contributed by atoms with Crippen LogP contribution in [0.3, 0.4) is 0 Å².